The quantitative estimate of drug-likeness (QED) is 0.878. The predicted octanol–water partition coefficient (Wildman–Crippen LogP) is 1.76. The molecule has 1 aromatic carbocycles. The van der Waals surface area contributed by atoms with Crippen LogP contribution >= 0.6 is 0 Å². The maximum Gasteiger partial charge on any atom is 0.138 e. The highest BCUT2D eigenvalue weighted by Gasteiger charge is 2.15. The summed E-state index contributed by atoms with van der Waals surface area (Å²) in [6, 6.07) is 6.21. The molecule has 0 saturated carbocycles. The second-order valence-corrected chi connectivity index (χ2v) is 4.13. The summed E-state index contributed by atoms with van der Waals surface area (Å²) in [5.41, 5.74) is 0.907. The number of aliphatic hydroxyl groups is 1. The first-order valence-corrected chi connectivity index (χ1v) is 5.97. The SMILES string of the molecule is CCn1ncnc1CC(CO)c1ccc(F)cc1. The minimum atomic E-state index is -0.271. The Bertz CT molecular complexity index is 495. The van der Waals surface area contributed by atoms with Gasteiger partial charge in [-0.2, -0.15) is 5.10 Å². The molecule has 0 aliphatic rings. The van der Waals surface area contributed by atoms with E-state index in [1.165, 1.54) is 18.5 Å². The molecule has 0 spiro atoms. The van der Waals surface area contributed by atoms with E-state index in [0.29, 0.717) is 6.42 Å². The van der Waals surface area contributed by atoms with E-state index in [2.05, 4.69) is 10.1 Å². The van der Waals surface area contributed by atoms with Crippen LogP contribution < -0.4 is 0 Å². The Balaban J connectivity index is 2.17. The molecular weight excluding hydrogens is 233 g/mol. The van der Waals surface area contributed by atoms with Crippen molar-refractivity contribution in [3.63, 3.8) is 0 Å². The van der Waals surface area contributed by atoms with Gasteiger partial charge in [0.2, 0.25) is 0 Å². The van der Waals surface area contributed by atoms with Crippen LogP contribution in [0.25, 0.3) is 0 Å². The van der Waals surface area contributed by atoms with Gasteiger partial charge in [0.15, 0.2) is 0 Å². The minimum Gasteiger partial charge on any atom is -0.396 e. The van der Waals surface area contributed by atoms with Crippen LogP contribution in [0.3, 0.4) is 0 Å². The van der Waals surface area contributed by atoms with Crippen molar-refractivity contribution in [1.29, 1.82) is 0 Å². The van der Waals surface area contributed by atoms with Crippen LogP contribution in [0, 0.1) is 5.82 Å². The smallest absolute Gasteiger partial charge is 0.138 e. The van der Waals surface area contributed by atoms with Crippen molar-refractivity contribution in [3.05, 3.63) is 47.8 Å². The highest BCUT2D eigenvalue weighted by Crippen LogP contribution is 2.19. The zero-order chi connectivity index (χ0) is 13.0. The normalized spacial score (nSPS) is 12.6. The first kappa shape index (κ1) is 12.7. The summed E-state index contributed by atoms with van der Waals surface area (Å²) in [6.45, 7) is 2.74. The van der Waals surface area contributed by atoms with Crippen LogP contribution in [-0.2, 0) is 13.0 Å². The number of aryl methyl sites for hydroxylation is 1. The minimum absolute atomic E-state index is 0.00219. The van der Waals surface area contributed by atoms with Crippen LogP contribution in [-0.4, -0.2) is 26.5 Å². The van der Waals surface area contributed by atoms with E-state index in [1.807, 2.05) is 6.92 Å². The van der Waals surface area contributed by atoms with E-state index < -0.39 is 0 Å². The van der Waals surface area contributed by atoms with E-state index in [9.17, 15) is 9.50 Å². The molecule has 0 radical (unpaired) electrons. The van der Waals surface area contributed by atoms with Crippen LogP contribution in [0.4, 0.5) is 4.39 Å². The van der Waals surface area contributed by atoms with Gasteiger partial charge in [0.05, 0.1) is 6.61 Å². The fourth-order valence-electron chi connectivity index (χ4n) is 1.95. The lowest BCUT2D eigenvalue weighted by Crippen LogP contribution is -2.13. The Morgan fingerprint density at radius 3 is 2.67 bits per heavy atom. The summed E-state index contributed by atoms with van der Waals surface area (Å²) in [5.74, 6) is 0.480. The van der Waals surface area contributed by atoms with Gasteiger partial charge >= 0.3 is 0 Å². The number of hydrogen-bond donors (Lipinski definition) is 1. The van der Waals surface area contributed by atoms with Gasteiger partial charge in [-0.1, -0.05) is 12.1 Å². The van der Waals surface area contributed by atoms with Crippen molar-refractivity contribution in [2.24, 2.45) is 0 Å². The average Bonchev–Trinajstić information content (AvgIpc) is 2.84. The van der Waals surface area contributed by atoms with Gasteiger partial charge in [0.25, 0.3) is 0 Å². The molecule has 1 aromatic heterocycles. The first-order valence-electron chi connectivity index (χ1n) is 5.97. The topological polar surface area (TPSA) is 50.9 Å². The third-order valence-corrected chi connectivity index (χ3v) is 2.99. The predicted molar refractivity (Wildman–Crippen MR) is 65.6 cm³/mol. The van der Waals surface area contributed by atoms with E-state index in [1.54, 1.807) is 16.8 Å². The molecule has 0 aliphatic carbocycles. The fourth-order valence-corrected chi connectivity index (χ4v) is 1.95. The Labute approximate surface area is 105 Å². The molecule has 0 saturated heterocycles. The van der Waals surface area contributed by atoms with Crippen LogP contribution in [0.5, 0.6) is 0 Å². The molecule has 2 rings (SSSR count). The zero-order valence-electron chi connectivity index (χ0n) is 10.3. The van der Waals surface area contributed by atoms with Gasteiger partial charge in [0.1, 0.15) is 18.0 Å². The van der Waals surface area contributed by atoms with Crippen molar-refractivity contribution in [1.82, 2.24) is 14.8 Å². The number of nitrogens with zero attached hydrogens (tertiary/aromatic N) is 3. The number of rotatable bonds is 5. The van der Waals surface area contributed by atoms with Crippen molar-refractivity contribution < 1.29 is 9.50 Å². The fraction of sp³-hybridized carbons (Fsp3) is 0.385. The molecule has 0 amide bonds. The highest BCUT2D eigenvalue weighted by atomic mass is 19.1. The lowest BCUT2D eigenvalue weighted by Gasteiger charge is -2.14. The van der Waals surface area contributed by atoms with Gasteiger partial charge in [-0.3, -0.25) is 4.68 Å². The third kappa shape index (κ3) is 2.73. The second kappa shape index (κ2) is 5.73. The molecule has 18 heavy (non-hydrogen) atoms. The number of hydrogen-bond acceptors (Lipinski definition) is 3. The molecule has 5 heteroatoms. The van der Waals surface area contributed by atoms with Crippen LogP contribution in [0.2, 0.25) is 0 Å². The van der Waals surface area contributed by atoms with Gasteiger partial charge in [-0.05, 0) is 24.6 Å². The molecule has 0 fully saturated rings. The summed E-state index contributed by atoms with van der Waals surface area (Å²) >= 11 is 0. The monoisotopic (exact) mass is 249 g/mol. The van der Waals surface area contributed by atoms with Crippen molar-refractivity contribution in [3.8, 4) is 0 Å². The maximum atomic E-state index is 12.9. The average molecular weight is 249 g/mol. The summed E-state index contributed by atoms with van der Waals surface area (Å²) in [7, 11) is 0. The van der Waals surface area contributed by atoms with Gasteiger partial charge in [-0.15, -0.1) is 0 Å². The van der Waals surface area contributed by atoms with E-state index in [4.69, 9.17) is 0 Å². The molecule has 1 unspecified atom stereocenters. The van der Waals surface area contributed by atoms with Gasteiger partial charge < -0.3 is 5.11 Å². The molecule has 1 N–H and O–H groups in total. The van der Waals surface area contributed by atoms with Crippen molar-refractivity contribution in [2.75, 3.05) is 6.61 Å². The highest BCUT2D eigenvalue weighted by molar-refractivity contribution is 5.21. The molecule has 0 aliphatic heterocycles. The Morgan fingerprint density at radius 1 is 1.33 bits per heavy atom. The van der Waals surface area contributed by atoms with Crippen LogP contribution in [0.1, 0.15) is 24.2 Å². The number of benzene rings is 1. The summed E-state index contributed by atoms with van der Waals surface area (Å²) in [6.07, 6.45) is 2.11. The Morgan fingerprint density at radius 2 is 2.06 bits per heavy atom. The Kier molecular flexibility index (Phi) is 4.04. The lowest BCUT2D eigenvalue weighted by molar-refractivity contribution is 0.262. The van der Waals surface area contributed by atoms with E-state index in [0.717, 1.165) is 17.9 Å². The van der Waals surface area contributed by atoms with Gasteiger partial charge in [0, 0.05) is 18.9 Å². The molecule has 2 aromatic rings. The van der Waals surface area contributed by atoms with Crippen LogP contribution in [0.15, 0.2) is 30.6 Å². The lowest BCUT2D eigenvalue weighted by atomic mass is 9.96. The number of aliphatic hydroxyl groups excluding tert-OH is 1. The number of aromatic nitrogens is 3. The van der Waals surface area contributed by atoms with Crippen molar-refractivity contribution in [2.45, 2.75) is 25.8 Å². The standard InChI is InChI=1S/C13H16FN3O/c1-2-17-13(15-9-16-17)7-11(8-18)10-3-5-12(14)6-4-10/h3-6,9,11,18H,2,7-8H2,1H3. The first-order chi connectivity index (χ1) is 8.74. The third-order valence-electron chi connectivity index (χ3n) is 2.99. The summed E-state index contributed by atoms with van der Waals surface area (Å²) in [5, 5.41) is 13.6. The molecular formula is C13H16FN3O. The Hall–Kier alpha value is -1.75. The molecule has 1 heterocycles. The summed E-state index contributed by atoms with van der Waals surface area (Å²) < 4.78 is 14.7. The molecule has 96 valence electrons. The van der Waals surface area contributed by atoms with Crippen molar-refractivity contribution >= 4 is 0 Å². The maximum absolute atomic E-state index is 12.9. The zero-order valence-corrected chi connectivity index (χ0v) is 10.3. The van der Waals surface area contributed by atoms with E-state index >= 15 is 0 Å². The molecule has 1 atom stereocenters. The molecule has 0 bridgehead atoms. The van der Waals surface area contributed by atoms with Gasteiger partial charge in [-0.25, -0.2) is 9.37 Å². The summed E-state index contributed by atoms with van der Waals surface area (Å²) in [4.78, 5) is 4.18. The largest absolute Gasteiger partial charge is 0.396 e. The second-order valence-electron chi connectivity index (χ2n) is 4.13. The number of halogens is 1. The molecule has 4 nitrogen and oxygen atoms in total. The van der Waals surface area contributed by atoms with E-state index in [-0.39, 0.29) is 18.3 Å².